The summed E-state index contributed by atoms with van der Waals surface area (Å²) in [5.41, 5.74) is 0.596. The average molecular weight is 211 g/mol. The van der Waals surface area contributed by atoms with E-state index in [-0.39, 0.29) is 11.7 Å². The highest BCUT2D eigenvalue weighted by atomic mass is 19.1. The van der Waals surface area contributed by atoms with Crippen LogP contribution >= 0.6 is 0 Å². The van der Waals surface area contributed by atoms with Crippen molar-refractivity contribution >= 4 is 0 Å². The van der Waals surface area contributed by atoms with Crippen molar-refractivity contribution in [2.45, 2.75) is 32.0 Å². The fourth-order valence-electron chi connectivity index (χ4n) is 1.85. The first-order valence-electron chi connectivity index (χ1n) is 5.11. The topological polar surface area (TPSA) is 42.4 Å². The van der Waals surface area contributed by atoms with Crippen LogP contribution in [-0.4, -0.2) is 22.8 Å². The van der Waals surface area contributed by atoms with Crippen molar-refractivity contribution in [3.63, 3.8) is 0 Å². The van der Waals surface area contributed by atoms with E-state index in [1.54, 1.807) is 6.92 Å². The summed E-state index contributed by atoms with van der Waals surface area (Å²) in [6.07, 6.45) is 2.05. The van der Waals surface area contributed by atoms with Gasteiger partial charge in [0, 0.05) is 18.4 Å². The Bertz CT molecular complexity index is 350. The first-order valence-corrected chi connectivity index (χ1v) is 5.11. The lowest BCUT2D eigenvalue weighted by Crippen LogP contribution is -2.18. The standard InChI is InChI=1S/C11H14FNO2/c1-7-10(12)8(4-5-13-7)11(14)9-3-2-6-15-9/h4-5,9,11,14H,2-3,6H2,1H3. The van der Waals surface area contributed by atoms with Gasteiger partial charge in [0.05, 0.1) is 11.8 Å². The van der Waals surface area contributed by atoms with Gasteiger partial charge in [-0.05, 0) is 25.8 Å². The fourth-order valence-corrected chi connectivity index (χ4v) is 1.85. The molecule has 1 fully saturated rings. The van der Waals surface area contributed by atoms with E-state index < -0.39 is 11.9 Å². The molecular weight excluding hydrogens is 197 g/mol. The van der Waals surface area contributed by atoms with Crippen molar-refractivity contribution in [3.8, 4) is 0 Å². The Morgan fingerprint density at radius 2 is 2.47 bits per heavy atom. The lowest BCUT2D eigenvalue weighted by atomic mass is 10.0. The molecule has 1 N–H and O–H groups in total. The van der Waals surface area contributed by atoms with Crippen molar-refractivity contribution < 1.29 is 14.2 Å². The number of aliphatic hydroxyl groups excluding tert-OH is 1. The van der Waals surface area contributed by atoms with Crippen LogP contribution in [0.2, 0.25) is 0 Å². The second-order valence-electron chi connectivity index (χ2n) is 3.80. The highest BCUT2D eigenvalue weighted by molar-refractivity contribution is 5.21. The molecule has 0 aliphatic carbocycles. The molecule has 0 spiro atoms. The first-order chi connectivity index (χ1) is 7.20. The quantitative estimate of drug-likeness (QED) is 0.810. The Balaban J connectivity index is 2.24. The smallest absolute Gasteiger partial charge is 0.150 e. The zero-order valence-corrected chi connectivity index (χ0v) is 8.61. The van der Waals surface area contributed by atoms with E-state index in [0.717, 1.165) is 12.8 Å². The van der Waals surface area contributed by atoms with Gasteiger partial charge in [0.1, 0.15) is 11.9 Å². The van der Waals surface area contributed by atoms with Gasteiger partial charge >= 0.3 is 0 Å². The van der Waals surface area contributed by atoms with Crippen molar-refractivity contribution in [1.29, 1.82) is 0 Å². The molecule has 0 aromatic carbocycles. The summed E-state index contributed by atoms with van der Waals surface area (Å²) in [6.45, 7) is 2.23. The minimum atomic E-state index is -0.880. The molecule has 0 bridgehead atoms. The van der Waals surface area contributed by atoms with Gasteiger partial charge in [0.2, 0.25) is 0 Å². The minimum Gasteiger partial charge on any atom is -0.386 e. The number of nitrogens with zero attached hydrogens (tertiary/aromatic N) is 1. The van der Waals surface area contributed by atoms with Crippen LogP contribution in [0, 0.1) is 12.7 Å². The first kappa shape index (κ1) is 10.5. The van der Waals surface area contributed by atoms with E-state index in [2.05, 4.69) is 4.98 Å². The van der Waals surface area contributed by atoms with Crippen LogP contribution in [0.4, 0.5) is 4.39 Å². The molecule has 1 aliphatic rings. The number of aryl methyl sites for hydroxylation is 1. The summed E-state index contributed by atoms with van der Waals surface area (Å²) < 4.78 is 19.0. The van der Waals surface area contributed by atoms with E-state index in [9.17, 15) is 9.50 Å². The number of hydrogen-bond acceptors (Lipinski definition) is 3. The van der Waals surface area contributed by atoms with E-state index in [4.69, 9.17) is 4.74 Å². The Morgan fingerprint density at radius 3 is 3.13 bits per heavy atom. The van der Waals surface area contributed by atoms with Crippen LogP contribution in [0.15, 0.2) is 12.3 Å². The molecule has 1 aromatic heterocycles. The number of rotatable bonds is 2. The lowest BCUT2D eigenvalue weighted by molar-refractivity contribution is -0.00438. The zero-order chi connectivity index (χ0) is 10.8. The van der Waals surface area contributed by atoms with Crippen LogP contribution in [0.25, 0.3) is 0 Å². The Labute approximate surface area is 87.9 Å². The third-order valence-electron chi connectivity index (χ3n) is 2.73. The van der Waals surface area contributed by atoms with Gasteiger partial charge < -0.3 is 9.84 Å². The number of hydrogen-bond donors (Lipinski definition) is 1. The maximum atomic E-state index is 13.6. The Kier molecular flexibility index (Phi) is 2.98. The summed E-state index contributed by atoms with van der Waals surface area (Å²) >= 11 is 0. The van der Waals surface area contributed by atoms with Gasteiger partial charge in [-0.1, -0.05) is 0 Å². The fraction of sp³-hybridized carbons (Fsp3) is 0.545. The largest absolute Gasteiger partial charge is 0.386 e. The molecule has 1 aromatic rings. The maximum absolute atomic E-state index is 13.6. The number of pyridine rings is 1. The maximum Gasteiger partial charge on any atom is 0.150 e. The molecule has 15 heavy (non-hydrogen) atoms. The summed E-state index contributed by atoms with van der Waals surface area (Å²) in [4.78, 5) is 3.82. The molecule has 4 heteroatoms. The van der Waals surface area contributed by atoms with Gasteiger partial charge in [-0.3, -0.25) is 4.98 Å². The molecule has 0 radical (unpaired) electrons. The third-order valence-corrected chi connectivity index (χ3v) is 2.73. The molecule has 1 aliphatic heterocycles. The number of aliphatic hydroxyl groups is 1. The summed E-state index contributed by atoms with van der Waals surface area (Å²) in [6, 6.07) is 1.51. The van der Waals surface area contributed by atoms with E-state index in [1.807, 2.05) is 0 Å². The molecule has 2 atom stereocenters. The second-order valence-corrected chi connectivity index (χ2v) is 3.80. The molecule has 2 heterocycles. The van der Waals surface area contributed by atoms with Gasteiger partial charge in [0.15, 0.2) is 0 Å². The average Bonchev–Trinajstić information content (AvgIpc) is 2.74. The van der Waals surface area contributed by atoms with Crippen molar-refractivity contribution in [3.05, 3.63) is 29.3 Å². The highest BCUT2D eigenvalue weighted by Crippen LogP contribution is 2.28. The molecule has 3 nitrogen and oxygen atoms in total. The molecule has 0 amide bonds. The number of ether oxygens (including phenoxy) is 1. The molecule has 2 unspecified atom stereocenters. The van der Waals surface area contributed by atoms with Crippen LogP contribution in [-0.2, 0) is 4.74 Å². The molecule has 0 saturated carbocycles. The predicted molar refractivity (Wildman–Crippen MR) is 52.9 cm³/mol. The van der Waals surface area contributed by atoms with Gasteiger partial charge in [-0.25, -0.2) is 4.39 Å². The Morgan fingerprint density at radius 1 is 1.67 bits per heavy atom. The summed E-state index contributed by atoms with van der Waals surface area (Å²) in [5.74, 6) is -0.430. The van der Waals surface area contributed by atoms with Crippen LogP contribution in [0.5, 0.6) is 0 Å². The monoisotopic (exact) mass is 211 g/mol. The van der Waals surface area contributed by atoms with Crippen LogP contribution in [0.1, 0.15) is 30.2 Å². The Hall–Kier alpha value is -1.00. The molecule has 2 rings (SSSR count). The van der Waals surface area contributed by atoms with Crippen molar-refractivity contribution in [2.75, 3.05) is 6.61 Å². The third kappa shape index (κ3) is 2.01. The van der Waals surface area contributed by atoms with E-state index in [0.29, 0.717) is 12.3 Å². The minimum absolute atomic E-state index is 0.277. The summed E-state index contributed by atoms with van der Waals surface area (Å²) in [5, 5.41) is 9.93. The normalized spacial score (nSPS) is 23.0. The number of aromatic nitrogens is 1. The molecular formula is C11H14FNO2. The molecule has 1 saturated heterocycles. The predicted octanol–water partition coefficient (Wildman–Crippen LogP) is 1.74. The SMILES string of the molecule is Cc1nccc(C(O)C2CCCO2)c1F. The second kappa shape index (κ2) is 4.24. The van der Waals surface area contributed by atoms with Gasteiger partial charge in [-0.15, -0.1) is 0 Å². The van der Waals surface area contributed by atoms with Crippen LogP contribution in [0.3, 0.4) is 0 Å². The van der Waals surface area contributed by atoms with E-state index >= 15 is 0 Å². The number of halogens is 1. The van der Waals surface area contributed by atoms with Crippen molar-refractivity contribution in [2.24, 2.45) is 0 Å². The summed E-state index contributed by atoms with van der Waals surface area (Å²) in [7, 11) is 0. The lowest BCUT2D eigenvalue weighted by Gasteiger charge is -2.18. The van der Waals surface area contributed by atoms with Gasteiger partial charge in [-0.2, -0.15) is 0 Å². The van der Waals surface area contributed by atoms with Gasteiger partial charge in [0.25, 0.3) is 0 Å². The molecule has 82 valence electrons. The zero-order valence-electron chi connectivity index (χ0n) is 8.61. The van der Waals surface area contributed by atoms with E-state index in [1.165, 1.54) is 12.3 Å². The van der Waals surface area contributed by atoms with Crippen LogP contribution < -0.4 is 0 Å². The highest BCUT2D eigenvalue weighted by Gasteiger charge is 2.27. The van der Waals surface area contributed by atoms with Crippen molar-refractivity contribution in [1.82, 2.24) is 4.98 Å².